The molecule has 0 radical (unpaired) electrons. The minimum absolute atomic E-state index is 0.173. The van der Waals surface area contributed by atoms with Gasteiger partial charge in [-0.25, -0.2) is 0 Å². The monoisotopic (exact) mass is 172 g/mol. The van der Waals surface area contributed by atoms with Crippen LogP contribution in [-0.4, -0.2) is 23.1 Å². The summed E-state index contributed by atoms with van der Waals surface area (Å²) in [6, 6.07) is 0. The predicted molar refractivity (Wildman–Crippen MR) is 41.7 cm³/mol. The number of carboxylic acid groups (broad SMARTS) is 1. The lowest BCUT2D eigenvalue weighted by Gasteiger charge is -2.02. The molecule has 0 spiro atoms. The molecule has 4 heteroatoms. The molecule has 0 aromatic heterocycles. The van der Waals surface area contributed by atoms with Crippen LogP contribution >= 0.6 is 0 Å². The first-order valence-corrected chi connectivity index (χ1v) is 3.78. The second-order valence-corrected chi connectivity index (χ2v) is 2.59. The third kappa shape index (κ3) is 3.85. The van der Waals surface area contributed by atoms with Gasteiger partial charge >= 0.3 is 5.97 Å². The zero-order valence-corrected chi connectivity index (χ0v) is 6.95. The largest absolute Gasteiger partial charge is 0.481 e. The Morgan fingerprint density at radius 1 is 1.50 bits per heavy atom. The average molecular weight is 172 g/mol. The Morgan fingerprint density at radius 2 is 2.08 bits per heavy atom. The van der Waals surface area contributed by atoms with E-state index in [1.807, 2.05) is 0 Å². The number of hydrogen-bond acceptors (Lipinski definition) is 3. The number of Topliss-reactive ketones (excluding diaryl/α,β-unsaturated/α-hetero) is 1. The Kier molecular flexibility index (Phi) is 4.92. The predicted octanol–water partition coefficient (Wildman–Crippen LogP) is 0.645. The first-order chi connectivity index (χ1) is 5.59. The molecule has 1 N–H and O–H groups in total. The maximum atomic E-state index is 11.0. The third-order valence-corrected chi connectivity index (χ3v) is 1.60. The summed E-state index contributed by atoms with van der Waals surface area (Å²) in [6.07, 6.45) is 1.66. The normalized spacial score (nSPS) is 12.1. The number of ketones is 1. The topological polar surface area (TPSA) is 71.4 Å². The molecule has 0 amide bonds. The van der Waals surface area contributed by atoms with Gasteiger partial charge in [-0.3, -0.25) is 9.59 Å². The zero-order chi connectivity index (χ0) is 9.56. The van der Waals surface area contributed by atoms with Crippen LogP contribution in [0.25, 0.3) is 0 Å². The number of carbonyl (C=O) groups excluding carboxylic acids is 2. The van der Waals surface area contributed by atoms with Gasteiger partial charge in [0.15, 0.2) is 0 Å². The fraction of sp³-hybridized carbons (Fsp3) is 0.625. The molecule has 0 heterocycles. The van der Waals surface area contributed by atoms with Gasteiger partial charge in [0, 0.05) is 12.8 Å². The summed E-state index contributed by atoms with van der Waals surface area (Å²) < 4.78 is 0. The van der Waals surface area contributed by atoms with E-state index in [9.17, 15) is 14.4 Å². The van der Waals surface area contributed by atoms with Crippen LogP contribution in [0.1, 0.15) is 26.2 Å². The van der Waals surface area contributed by atoms with Crippen molar-refractivity contribution in [2.75, 3.05) is 0 Å². The number of carboxylic acids is 1. The molecule has 68 valence electrons. The Labute approximate surface area is 70.6 Å². The van der Waals surface area contributed by atoms with E-state index in [2.05, 4.69) is 0 Å². The molecule has 0 rings (SSSR count). The summed E-state index contributed by atoms with van der Waals surface area (Å²) in [7, 11) is 0. The van der Waals surface area contributed by atoms with Gasteiger partial charge in [-0.15, -0.1) is 0 Å². The smallest absolute Gasteiger partial charge is 0.313 e. The van der Waals surface area contributed by atoms with Gasteiger partial charge in [-0.2, -0.15) is 0 Å². The highest BCUT2D eigenvalue weighted by Gasteiger charge is 2.19. The van der Waals surface area contributed by atoms with Gasteiger partial charge in [0.1, 0.15) is 18.0 Å². The number of aldehydes is 1. The van der Waals surface area contributed by atoms with Crippen LogP contribution in [-0.2, 0) is 14.4 Å². The summed E-state index contributed by atoms with van der Waals surface area (Å²) in [5.41, 5.74) is 0. The lowest BCUT2D eigenvalue weighted by Crippen LogP contribution is -2.20. The van der Waals surface area contributed by atoms with E-state index < -0.39 is 11.9 Å². The Balaban J connectivity index is 3.71. The molecule has 0 aliphatic rings. The number of hydrogen-bond donors (Lipinski definition) is 1. The SMILES string of the molecule is CC(C(=O)O)C(=O)CCCC=O. The van der Waals surface area contributed by atoms with Gasteiger partial charge in [-0.1, -0.05) is 0 Å². The van der Waals surface area contributed by atoms with Crippen molar-refractivity contribution >= 4 is 18.0 Å². The molecular formula is C8H12O4. The molecule has 1 atom stereocenters. The lowest BCUT2D eigenvalue weighted by atomic mass is 10.0. The van der Waals surface area contributed by atoms with E-state index in [4.69, 9.17) is 5.11 Å². The molecule has 0 saturated heterocycles. The molecule has 4 nitrogen and oxygen atoms in total. The van der Waals surface area contributed by atoms with E-state index in [1.54, 1.807) is 0 Å². The Bertz CT molecular complexity index is 185. The maximum Gasteiger partial charge on any atom is 0.313 e. The molecule has 12 heavy (non-hydrogen) atoms. The minimum Gasteiger partial charge on any atom is -0.481 e. The summed E-state index contributed by atoms with van der Waals surface area (Å²) in [5.74, 6) is -2.37. The van der Waals surface area contributed by atoms with Crippen LogP contribution < -0.4 is 0 Å². The quantitative estimate of drug-likeness (QED) is 0.362. The molecule has 0 aromatic carbocycles. The van der Waals surface area contributed by atoms with Crippen LogP contribution in [0.5, 0.6) is 0 Å². The summed E-state index contributed by atoms with van der Waals surface area (Å²) >= 11 is 0. The second-order valence-electron chi connectivity index (χ2n) is 2.59. The van der Waals surface area contributed by atoms with E-state index in [0.29, 0.717) is 12.8 Å². The first kappa shape index (κ1) is 10.8. The van der Waals surface area contributed by atoms with Crippen molar-refractivity contribution in [1.29, 1.82) is 0 Å². The number of rotatable bonds is 6. The summed E-state index contributed by atoms with van der Waals surface area (Å²) in [6.45, 7) is 1.35. The second kappa shape index (κ2) is 5.46. The Morgan fingerprint density at radius 3 is 2.50 bits per heavy atom. The summed E-state index contributed by atoms with van der Waals surface area (Å²) in [4.78, 5) is 31.1. The van der Waals surface area contributed by atoms with Gasteiger partial charge in [-0.05, 0) is 13.3 Å². The van der Waals surface area contributed by atoms with Crippen LogP contribution in [0.2, 0.25) is 0 Å². The maximum absolute atomic E-state index is 11.0. The van der Waals surface area contributed by atoms with E-state index in [-0.39, 0.29) is 12.2 Å². The first-order valence-electron chi connectivity index (χ1n) is 3.78. The van der Waals surface area contributed by atoms with Crippen molar-refractivity contribution in [2.45, 2.75) is 26.2 Å². The highest BCUT2D eigenvalue weighted by Crippen LogP contribution is 2.04. The molecule has 0 aromatic rings. The standard InChI is InChI=1S/C8H12O4/c1-6(8(11)12)7(10)4-2-3-5-9/h5-6H,2-4H2,1H3,(H,11,12). The highest BCUT2D eigenvalue weighted by atomic mass is 16.4. The fourth-order valence-electron chi connectivity index (χ4n) is 0.714. The third-order valence-electron chi connectivity index (χ3n) is 1.60. The van der Waals surface area contributed by atoms with Gasteiger partial charge in [0.05, 0.1) is 0 Å². The van der Waals surface area contributed by atoms with Gasteiger partial charge in [0.25, 0.3) is 0 Å². The molecule has 0 fully saturated rings. The average Bonchev–Trinajstić information content (AvgIpc) is 2.03. The molecule has 0 aliphatic carbocycles. The highest BCUT2D eigenvalue weighted by molar-refractivity contribution is 5.97. The summed E-state index contributed by atoms with van der Waals surface area (Å²) in [5, 5.41) is 8.42. The van der Waals surface area contributed by atoms with E-state index in [1.165, 1.54) is 6.92 Å². The van der Waals surface area contributed by atoms with Crippen molar-refractivity contribution < 1.29 is 19.5 Å². The van der Waals surface area contributed by atoms with Crippen LogP contribution in [0, 0.1) is 5.92 Å². The molecule has 1 unspecified atom stereocenters. The van der Waals surface area contributed by atoms with Gasteiger partial charge < -0.3 is 9.90 Å². The van der Waals surface area contributed by atoms with Crippen molar-refractivity contribution in [3.8, 4) is 0 Å². The van der Waals surface area contributed by atoms with Crippen molar-refractivity contribution in [3.05, 3.63) is 0 Å². The Hall–Kier alpha value is -1.19. The zero-order valence-electron chi connectivity index (χ0n) is 6.95. The van der Waals surface area contributed by atoms with Crippen molar-refractivity contribution in [2.24, 2.45) is 5.92 Å². The minimum atomic E-state index is -1.11. The molecule has 0 bridgehead atoms. The van der Waals surface area contributed by atoms with Crippen molar-refractivity contribution in [1.82, 2.24) is 0 Å². The van der Waals surface area contributed by atoms with Crippen LogP contribution in [0.15, 0.2) is 0 Å². The van der Waals surface area contributed by atoms with Gasteiger partial charge in [0.2, 0.25) is 0 Å². The van der Waals surface area contributed by atoms with E-state index in [0.717, 1.165) is 6.29 Å². The van der Waals surface area contributed by atoms with E-state index >= 15 is 0 Å². The van der Waals surface area contributed by atoms with Crippen molar-refractivity contribution in [3.63, 3.8) is 0 Å². The lowest BCUT2D eigenvalue weighted by molar-refractivity contribution is -0.145. The fourth-order valence-corrected chi connectivity index (χ4v) is 0.714. The molecule has 0 aliphatic heterocycles. The van der Waals surface area contributed by atoms with Crippen LogP contribution in [0.4, 0.5) is 0 Å². The molecule has 0 saturated carbocycles. The number of unbranched alkanes of at least 4 members (excludes halogenated alkanes) is 1. The number of carbonyl (C=O) groups is 3. The van der Waals surface area contributed by atoms with Crippen LogP contribution in [0.3, 0.4) is 0 Å². The number of aliphatic carboxylic acids is 1. The molecular weight excluding hydrogens is 160 g/mol.